The second kappa shape index (κ2) is 4.86. The zero-order valence-corrected chi connectivity index (χ0v) is 11.8. The van der Waals surface area contributed by atoms with Crippen molar-refractivity contribution in [2.45, 2.75) is 44.7 Å². The quantitative estimate of drug-likeness (QED) is 0.888. The third-order valence-electron chi connectivity index (χ3n) is 3.58. The van der Waals surface area contributed by atoms with Gasteiger partial charge in [-0.05, 0) is 45.2 Å². The predicted molar refractivity (Wildman–Crippen MR) is 76.0 cm³/mol. The number of rotatable bonds is 4. The van der Waals surface area contributed by atoms with Gasteiger partial charge in [0, 0.05) is 12.2 Å². The van der Waals surface area contributed by atoms with E-state index in [9.17, 15) is 0 Å². The molecule has 20 heavy (non-hydrogen) atoms. The van der Waals surface area contributed by atoms with E-state index in [1.807, 2.05) is 12.1 Å². The highest BCUT2D eigenvalue weighted by atomic mass is 16.5. The van der Waals surface area contributed by atoms with E-state index in [1.165, 1.54) is 0 Å². The normalized spacial score (nSPS) is 17.0. The molecule has 0 aliphatic heterocycles. The standard InChI is InChI=1S/C14H19N5O/c1-9(2)17-11-10(5-3-8-16-11)12-18-13(19-20-12)14(15)6-4-7-14/h3,5,8-9H,4,6-7,15H2,1-2H3,(H,16,17). The maximum Gasteiger partial charge on any atom is 0.261 e. The van der Waals surface area contributed by atoms with Crippen LogP contribution in [0.5, 0.6) is 0 Å². The molecule has 3 rings (SSSR count). The Morgan fingerprint density at radius 3 is 2.85 bits per heavy atom. The average molecular weight is 273 g/mol. The number of aromatic nitrogens is 3. The third-order valence-corrected chi connectivity index (χ3v) is 3.58. The minimum Gasteiger partial charge on any atom is -0.367 e. The lowest BCUT2D eigenvalue weighted by Crippen LogP contribution is -2.44. The molecule has 0 saturated heterocycles. The highest BCUT2D eigenvalue weighted by molar-refractivity contribution is 5.68. The van der Waals surface area contributed by atoms with E-state index in [0.29, 0.717) is 11.7 Å². The summed E-state index contributed by atoms with van der Waals surface area (Å²) in [7, 11) is 0. The SMILES string of the molecule is CC(C)Nc1ncccc1-c1nc(C2(N)CCC2)no1. The summed E-state index contributed by atoms with van der Waals surface area (Å²) < 4.78 is 5.37. The van der Waals surface area contributed by atoms with Crippen molar-refractivity contribution < 1.29 is 4.52 Å². The van der Waals surface area contributed by atoms with Gasteiger partial charge in [-0.25, -0.2) is 4.98 Å². The van der Waals surface area contributed by atoms with E-state index < -0.39 is 5.54 Å². The number of hydrogen-bond donors (Lipinski definition) is 2. The van der Waals surface area contributed by atoms with Crippen LogP contribution in [0.4, 0.5) is 5.82 Å². The Bertz CT molecular complexity index is 603. The maximum atomic E-state index is 6.22. The Hall–Kier alpha value is -1.95. The summed E-state index contributed by atoms with van der Waals surface area (Å²) in [6.07, 6.45) is 4.68. The van der Waals surface area contributed by atoms with Crippen LogP contribution in [0, 0.1) is 0 Å². The van der Waals surface area contributed by atoms with E-state index in [1.54, 1.807) is 6.20 Å². The smallest absolute Gasteiger partial charge is 0.261 e. The Balaban J connectivity index is 1.93. The molecule has 0 atom stereocenters. The topological polar surface area (TPSA) is 89.9 Å². The van der Waals surface area contributed by atoms with Crippen molar-refractivity contribution in [3.05, 3.63) is 24.2 Å². The summed E-state index contributed by atoms with van der Waals surface area (Å²) in [5.41, 5.74) is 6.62. The third kappa shape index (κ3) is 2.27. The predicted octanol–water partition coefficient (Wildman–Crippen LogP) is 2.29. The Morgan fingerprint density at radius 2 is 2.20 bits per heavy atom. The monoisotopic (exact) mass is 273 g/mol. The summed E-state index contributed by atoms with van der Waals surface area (Å²) in [5, 5.41) is 7.32. The zero-order valence-electron chi connectivity index (χ0n) is 11.8. The molecule has 3 N–H and O–H groups in total. The highest BCUT2D eigenvalue weighted by Gasteiger charge is 2.39. The number of nitrogens with zero attached hydrogens (tertiary/aromatic N) is 3. The van der Waals surface area contributed by atoms with Gasteiger partial charge in [0.2, 0.25) is 0 Å². The second-order valence-corrected chi connectivity index (χ2v) is 5.63. The molecule has 0 spiro atoms. The molecule has 0 unspecified atom stereocenters. The van der Waals surface area contributed by atoms with Crippen molar-refractivity contribution in [2.75, 3.05) is 5.32 Å². The van der Waals surface area contributed by atoms with E-state index in [2.05, 4.69) is 34.3 Å². The van der Waals surface area contributed by atoms with Gasteiger partial charge in [-0.15, -0.1) is 0 Å². The first-order chi connectivity index (χ1) is 9.58. The summed E-state index contributed by atoms with van der Waals surface area (Å²) in [5.74, 6) is 1.81. The molecule has 2 heterocycles. The van der Waals surface area contributed by atoms with E-state index in [0.717, 1.165) is 30.6 Å². The van der Waals surface area contributed by atoms with Crippen molar-refractivity contribution in [1.82, 2.24) is 15.1 Å². The van der Waals surface area contributed by atoms with Crippen LogP contribution in [0.15, 0.2) is 22.9 Å². The highest BCUT2D eigenvalue weighted by Crippen LogP contribution is 2.38. The van der Waals surface area contributed by atoms with Gasteiger partial charge in [0.1, 0.15) is 5.82 Å². The van der Waals surface area contributed by atoms with Crippen LogP contribution in [0.3, 0.4) is 0 Å². The first kappa shape index (κ1) is 13.1. The van der Waals surface area contributed by atoms with E-state index >= 15 is 0 Å². The largest absolute Gasteiger partial charge is 0.367 e. The molecule has 1 fully saturated rings. The van der Waals surface area contributed by atoms with Gasteiger partial charge in [0.05, 0.1) is 11.1 Å². The molecule has 0 bridgehead atoms. The first-order valence-corrected chi connectivity index (χ1v) is 6.93. The van der Waals surface area contributed by atoms with Gasteiger partial charge in [0.25, 0.3) is 5.89 Å². The van der Waals surface area contributed by atoms with Crippen molar-refractivity contribution in [3.63, 3.8) is 0 Å². The van der Waals surface area contributed by atoms with Gasteiger partial charge < -0.3 is 15.6 Å². The van der Waals surface area contributed by atoms with Crippen LogP contribution >= 0.6 is 0 Å². The molecule has 2 aromatic heterocycles. The molecule has 0 radical (unpaired) electrons. The average Bonchev–Trinajstić information content (AvgIpc) is 2.85. The fourth-order valence-electron chi connectivity index (χ4n) is 2.28. The van der Waals surface area contributed by atoms with Crippen LogP contribution in [-0.4, -0.2) is 21.2 Å². The molecule has 6 heteroatoms. The molecular weight excluding hydrogens is 254 g/mol. The lowest BCUT2D eigenvalue weighted by Gasteiger charge is -2.34. The number of hydrogen-bond acceptors (Lipinski definition) is 6. The summed E-state index contributed by atoms with van der Waals surface area (Å²) in [4.78, 5) is 8.79. The fraction of sp³-hybridized carbons (Fsp3) is 0.500. The van der Waals surface area contributed by atoms with Gasteiger partial charge >= 0.3 is 0 Å². The van der Waals surface area contributed by atoms with Gasteiger partial charge in [-0.1, -0.05) is 5.16 Å². The zero-order chi connectivity index (χ0) is 14.2. The molecule has 6 nitrogen and oxygen atoms in total. The van der Waals surface area contributed by atoms with Crippen LogP contribution in [0.1, 0.15) is 38.9 Å². The van der Waals surface area contributed by atoms with E-state index in [-0.39, 0.29) is 6.04 Å². The molecule has 1 aliphatic rings. The van der Waals surface area contributed by atoms with E-state index in [4.69, 9.17) is 10.3 Å². The molecule has 106 valence electrons. The van der Waals surface area contributed by atoms with Crippen molar-refractivity contribution in [2.24, 2.45) is 5.73 Å². The maximum absolute atomic E-state index is 6.22. The van der Waals surface area contributed by atoms with Crippen LogP contribution in [0.25, 0.3) is 11.5 Å². The van der Waals surface area contributed by atoms with Crippen molar-refractivity contribution >= 4 is 5.82 Å². The fourth-order valence-corrected chi connectivity index (χ4v) is 2.28. The number of nitrogens with two attached hydrogens (primary N) is 1. The van der Waals surface area contributed by atoms with Gasteiger partial charge in [0.15, 0.2) is 5.82 Å². The molecule has 0 amide bonds. The first-order valence-electron chi connectivity index (χ1n) is 6.93. The summed E-state index contributed by atoms with van der Waals surface area (Å²) in [6, 6.07) is 4.05. The Labute approximate surface area is 117 Å². The van der Waals surface area contributed by atoms with Gasteiger partial charge in [-0.2, -0.15) is 4.98 Å². The van der Waals surface area contributed by atoms with Crippen LogP contribution in [0.2, 0.25) is 0 Å². The van der Waals surface area contributed by atoms with Crippen LogP contribution in [-0.2, 0) is 5.54 Å². The van der Waals surface area contributed by atoms with Gasteiger partial charge in [-0.3, -0.25) is 0 Å². The van der Waals surface area contributed by atoms with Crippen molar-refractivity contribution in [3.8, 4) is 11.5 Å². The molecular formula is C14H19N5O. The minimum absolute atomic E-state index is 0.276. The number of anilines is 1. The Morgan fingerprint density at radius 1 is 1.40 bits per heavy atom. The minimum atomic E-state index is -0.407. The number of nitrogens with one attached hydrogen (secondary N) is 1. The number of pyridine rings is 1. The lowest BCUT2D eigenvalue weighted by molar-refractivity contribution is 0.229. The molecule has 1 aliphatic carbocycles. The summed E-state index contributed by atoms with van der Waals surface area (Å²) >= 11 is 0. The lowest BCUT2D eigenvalue weighted by atomic mass is 9.77. The second-order valence-electron chi connectivity index (χ2n) is 5.63. The summed E-state index contributed by atoms with van der Waals surface area (Å²) in [6.45, 7) is 4.11. The molecule has 0 aromatic carbocycles. The molecule has 1 saturated carbocycles. The molecule has 2 aromatic rings. The van der Waals surface area contributed by atoms with Crippen LogP contribution < -0.4 is 11.1 Å². The van der Waals surface area contributed by atoms with Crippen molar-refractivity contribution in [1.29, 1.82) is 0 Å². The Kier molecular flexibility index (Phi) is 3.17.